The summed E-state index contributed by atoms with van der Waals surface area (Å²) in [7, 11) is 1.32. The lowest BCUT2D eigenvalue weighted by Crippen LogP contribution is -2.33. The third-order valence-electron chi connectivity index (χ3n) is 2.83. The Morgan fingerprint density at radius 2 is 2.06 bits per heavy atom. The lowest BCUT2D eigenvalue weighted by Gasteiger charge is -2.21. The number of methoxy groups -OCH3 is 1. The maximum absolute atomic E-state index is 11.3. The number of hydrogen-bond acceptors (Lipinski definition) is 4. The number of aromatic hydroxyl groups is 1. The zero-order valence-corrected chi connectivity index (χ0v) is 11.4. The number of benzene rings is 1. The first kappa shape index (κ1) is 14.5. The van der Waals surface area contributed by atoms with Crippen LogP contribution in [-0.4, -0.2) is 24.2 Å². The minimum Gasteiger partial charge on any atom is -0.508 e. The standard InChI is InChI=1S/C14H21NO3/c1-14(2,3)10-7-9(5-6-12(10)16)8-11(15)13(17)18-4/h5-7,11,16H,8,15H2,1-4H3/t11-/m0/s1. The number of carbonyl (C=O) groups is 1. The molecule has 0 radical (unpaired) electrons. The van der Waals surface area contributed by atoms with E-state index in [9.17, 15) is 9.90 Å². The highest BCUT2D eigenvalue weighted by Crippen LogP contribution is 2.31. The van der Waals surface area contributed by atoms with Crippen molar-refractivity contribution in [2.45, 2.75) is 38.6 Å². The van der Waals surface area contributed by atoms with Crippen molar-refractivity contribution in [3.8, 4) is 5.75 Å². The van der Waals surface area contributed by atoms with E-state index in [4.69, 9.17) is 5.73 Å². The van der Waals surface area contributed by atoms with E-state index in [2.05, 4.69) is 4.74 Å². The van der Waals surface area contributed by atoms with Crippen LogP contribution in [0.4, 0.5) is 0 Å². The van der Waals surface area contributed by atoms with Crippen LogP contribution in [0.15, 0.2) is 18.2 Å². The fraction of sp³-hybridized carbons (Fsp3) is 0.500. The van der Waals surface area contributed by atoms with Gasteiger partial charge < -0.3 is 15.6 Å². The second-order valence-corrected chi connectivity index (χ2v) is 5.44. The van der Waals surface area contributed by atoms with E-state index >= 15 is 0 Å². The predicted molar refractivity (Wildman–Crippen MR) is 70.5 cm³/mol. The lowest BCUT2D eigenvalue weighted by molar-refractivity contribution is -0.142. The molecule has 1 atom stereocenters. The molecule has 0 spiro atoms. The molecule has 1 rings (SSSR count). The van der Waals surface area contributed by atoms with Crippen molar-refractivity contribution >= 4 is 5.97 Å². The molecular formula is C14H21NO3. The van der Waals surface area contributed by atoms with Gasteiger partial charge in [-0.25, -0.2) is 0 Å². The summed E-state index contributed by atoms with van der Waals surface area (Å²) >= 11 is 0. The minimum absolute atomic E-state index is 0.157. The molecule has 0 fully saturated rings. The van der Waals surface area contributed by atoms with Crippen molar-refractivity contribution in [3.63, 3.8) is 0 Å². The second-order valence-electron chi connectivity index (χ2n) is 5.44. The van der Waals surface area contributed by atoms with Crippen LogP contribution in [0.25, 0.3) is 0 Å². The van der Waals surface area contributed by atoms with E-state index < -0.39 is 12.0 Å². The van der Waals surface area contributed by atoms with Crippen LogP contribution < -0.4 is 5.73 Å². The molecule has 0 aromatic heterocycles. The van der Waals surface area contributed by atoms with Crippen molar-refractivity contribution in [1.29, 1.82) is 0 Å². The van der Waals surface area contributed by atoms with Crippen molar-refractivity contribution in [3.05, 3.63) is 29.3 Å². The van der Waals surface area contributed by atoms with Crippen LogP contribution >= 0.6 is 0 Å². The second kappa shape index (κ2) is 5.40. The van der Waals surface area contributed by atoms with Crippen LogP contribution in [0.1, 0.15) is 31.9 Å². The van der Waals surface area contributed by atoms with E-state index in [-0.39, 0.29) is 11.2 Å². The van der Waals surface area contributed by atoms with Gasteiger partial charge in [0.15, 0.2) is 0 Å². The molecule has 0 amide bonds. The number of carbonyl (C=O) groups excluding carboxylic acids is 1. The maximum atomic E-state index is 11.3. The topological polar surface area (TPSA) is 72.5 Å². The zero-order valence-electron chi connectivity index (χ0n) is 11.4. The Morgan fingerprint density at radius 1 is 1.44 bits per heavy atom. The minimum atomic E-state index is -0.674. The molecule has 0 aliphatic rings. The average molecular weight is 251 g/mol. The van der Waals surface area contributed by atoms with Gasteiger partial charge in [0.05, 0.1) is 7.11 Å². The van der Waals surface area contributed by atoms with Crippen LogP contribution in [0.5, 0.6) is 5.75 Å². The molecule has 1 aromatic carbocycles. The first-order valence-electron chi connectivity index (χ1n) is 5.91. The SMILES string of the molecule is COC(=O)[C@@H](N)Cc1ccc(O)c(C(C)(C)C)c1. The van der Waals surface area contributed by atoms with E-state index in [0.29, 0.717) is 6.42 Å². The average Bonchev–Trinajstić information content (AvgIpc) is 2.29. The van der Waals surface area contributed by atoms with Gasteiger partial charge in [-0.2, -0.15) is 0 Å². The van der Waals surface area contributed by atoms with Gasteiger partial charge in [0.25, 0.3) is 0 Å². The van der Waals surface area contributed by atoms with Gasteiger partial charge in [-0.1, -0.05) is 32.9 Å². The Morgan fingerprint density at radius 3 is 2.56 bits per heavy atom. The molecule has 0 bridgehead atoms. The highest BCUT2D eigenvalue weighted by molar-refractivity contribution is 5.75. The number of rotatable bonds is 3. The van der Waals surface area contributed by atoms with Crippen LogP contribution in [0.3, 0.4) is 0 Å². The summed E-state index contributed by atoms with van der Waals surface area (Å²) in [6.45, 7) is 6.06. The smallest absolute Gasteiger partial charge is 0.322 e. The van der Waals surface area contributed by atoms with E-state index in [1.54, 1.807) is 12.1 Å². The van der Waals surface area contributed by atoms with E-state index in [0.717, 1.165) is 11.1 Å². The Balaban J connectivity index is 2.96. The largest absolute Gasteiger partial charge is 0.508 e. The highest BCUT2D eigenvalue weighted by atomic mass is 16.5. The van der Waals surface area contributed by atoms with Gasteiger partial charge in [-0.3, -0.25) is 4.79 Å². The number of phenolic OH excluding ortho intramolecular Hbond substituents is 1. The molecule has 0 heterocycles. The number of esters is 1. The Labute approximate surface area is 108 Å². The summed E-state index contributed by atoms with van der Waals surface area (Å²) in [6.07, 6.45) is 0.399. The van der Waals surface area contributed by atoms with Gasteiger partial charge >= 0.3 is 5.97 Å². The third-order valence-corrected chi connectivity index (χ3v) is 2.83. The molecule has 4 nitrogen and oxygen atoms in total. The molecule has 100 valence electrons. The van der Waals surface area contributed by atoms with Gasteiger partial charge in [-0.15, -0.1) is 0 Å². The number of hydrogen-bond donors (Lipinski definition) is 2. The van der Waals surface area contributed by atoms with Crippen molar-refractivity contribution in [2.24, 2.45) is 5.73 Å². The fourth-order valence-corrected chi connectivity index (χ4v) is 1.80. The van der Waals surface area contributed by atoms with Crippen molar-refractivity contribution in [2.75, 3.05) is 7.11 Å². The molecule has 4 heteroatoms. The monoisotopic (exact) mass is 251 g/mol. The van der Waals surface area contributed by atoms with Gasteiger partial charge in [-0.05, 0) is 29.0 Å². The quantitative estimate of drug-likeness (QED) is 0.802. The molecule has 1 aromatic rings. The van der Waals surface area contributed by atoms with Crippen LogP contribution in [-0.2, 0) is 21.4 Å². The molecule has 0 unspecified atom stereocenters. The summed E-state index contributed by atoms with van der Waals surface area (Å²) < 4.78 is 4.59. The molecule has 3 N–H and O–H groups in total. The lowest BCUT2D eigenvalue weighted by atomic mass is 9.85. The molecule has 0 aliphatic carbocycles. The fourth-order valence-electron chi connectivity index (χ4n) is 1.80. The summed E-state index contributed by atoms with van der Waals surface area (Å²) in [4.78, 5) is 11.3. The Bertz CT molecular complexity index is 435. The van der Waals surface area contributed by atoms with Crippen LogP contribution in [0.2, 0.25) is 0 Å². The van der Waals surface area contributed by atoms with E-state index in [1.165, 1.54) is 7.11 Å². The number of ether oxygens (including phenoxy) is 1. The first-order chi connectivity index (χ1) is 8.25. The Kier molecular flexibility index (Phi) is 4.35. The first-order valence-corrected chi connectivity index (χ1v) is 5.91. The zero-order chi connectivity index (χ0) is 13.9. The van der Waals surface area contributed by atoms with Crippen LogP contribution in [0, 0.1) is 0 Å². The number of nitrogens with two attached hydrogens (primary N) is 1. The summed E-state index contributed by atoms with van der Waals surface area (Å²) in [5, 5.41) is 9.84. The highest BCUT2D eigenvalue weighted by Gasteiger charge is 2.20. The van der Waals surface area contributed by atoms with Crippen molar-refractivity contribution < 1.29 is 14.6 Å². The Hall–Kier alpha value is -1.55. The van der Waals surface area contributed by atoms with Gasteiger partial charge in [0, 0.05) is 0 Å². The molecule has 0 saturated carbocycles. The summed E-state index contributed by atoms with van der Waals surface area (Å²) in [5.41, 5.74) is 7.32. The summed E-state index contributed by atoms with van der Waals surface area (Å²) in [6, 6.07) is 4.62. The van der Waals surface area contributed by atoms with Gasteiger partial charge in [0.2, 0.25) is 0 Å². The molecular weight excluding hydrogens is 230 g/mol. The van der Waals surface area contributed by atoms with E-state index in [1.807, 2.05) is 26.8 Å². The molecule has 18 heavy (non-hydrogen) atoms. The normalized spacial score (nSPS) is 13.2. The third kappa shape index (κ3) is 3.47. The molecule has 0 aliphatic heterocycles. The molecule has 0 saturated heterocycles. The number of phenols is 1. The van der Waals surface area contributed by atoms with Gasteiger partial charge in [0.1, 0.15) is 11.8 Å². The summed E-state index contributed by atoms with van der Waals surface area (Å²) in [5.74, 6) is -0.168. The van der Waals surface area contributed by atoms with Crippen molar-refractivity contribution in [1.82, 2.24) is 0 Å². The maximum Gasteiger partial charge on any atom is 0.322 e. The predicted octanol–water partition coefficient (Wildman–Crippen LogP) is 1.73.